The van der Waals surface area contributed by atoms with Crippen LogP contribution in [0, 0.1) is 0 Å². The van der Waals surface area contributed by atoms with E-state index in [0.29, 0.717) is 12.5 Å². The summed E-state index contributed by atoms with van der Waals surface area (Å²) in [6.07, 6.45) is 5.86. The van der Waals surface area contributed by atoms with Crippen LogP contribution >= 0.6 is 0 Å². The van der Waals surface area contributed by atoms with Gasteiger partial charge >= 0.3 is 0 Å². The molecule has 1 aliphatic heterocycles. The van der Waals surface area contributed by atoms with E-state index in [0.717, 1.165) is 38.8 Å². The van der Waals surface area contributed by atoms with Gasteiger partial charge < -0.3 is 16.0 Å². The summed E-state index contributed by atoms with van der Waals surface area (Å²) in [5.41, 5.74) is 5.67. The van der Waals surface area contributed by atoms with Crippen molar-refractivity contribution in [1.29, 1.82) is 0 Å². The van der Waals surface area contributed by atoms with E-state index in [1.807, 2.05) is 6.92 Å². The van der Waals surface area contributed by atoms with Crippen LogP contribution in [0.1, 0.15) is 52.4 Å². The predicted octanol–water partition coefficient (Wildman–Crippen LogP) is 1.49. The van der Waals surface area contributed by atoms with E-state index in [1.165, 1.54) is 13.0 Å². The molecule has 0 radical (unpaired) electrons. The van der Waals surface area contributed by atoms with Crippen molar-refractivity contribution in [1.82, 2.24) is 10.2 Å². The predicted molar refractivity (Wildman–Crippen MR) is 75.4 cm³/mol. The van der Waals surface area contributed by atoms with Gasteiger partial charge in [0.25, 0.3) is 0 Å². The van der Waals surface area contributed by atoms with Crippen molar-refractivity contribution in [2.45, 2.75) is 64.5 Å². The average Bonchev–Trinajstić information content (AvgIpc) is 2.31. The molecule has 1 fully saturated rings. The number of nitrogens with one attached hydrogen (secondary N) is 1. The minimum absolute atomic E-state index is 0.199. The summed E-state index contributed by atoms with van der Waals surface area (Å²) in [5, 5.41) is 3.15. The molecule has 1 atom stereocenters. The summed E-state index contributed by atoms with van der Waals surface area (Å²) in [7, 11) is 0. The van der Waals surface area contributed by atoms with E-state index in [4.69, 9.17) is 5.73 Å². The van der Waals surface area contributed by atoms with Gasteiger partial charge in [-0.3, -0.25) is 4.79 Å². The van der Waals surface area contributed by atoms with Crippen molar-refractivity contribution in [3.05, 3.63) is 0 Å². The highest BCUT2D eigenvalue weighted by Crippen LogP contribution is 2.11. The molecule has 0 aromatic carbocycles. The fraction of sp³-hybridized carbons (Fsp3) is 0.929. The number of piperidine rings is 1. The summed E-state index contributed by atoms with van der Waals surface area (Å²) in [6.45, 7) is 7.64. The molecule has 1 rings (SSSR count). The maximum Gasteiger partial charge on any atom is 0.220 e. The van der Waals surface area contributed by atoms with Gasteiger partial charge in [-0.05, 0) is 45.6 Å². The van der Waals surface area contributed by atoms with Gasteiger partial charge in [0.1, 0.15) is 0 Å². The first-order valence-corrected chi connectivity index (χ1v) is 7.39. The van der Waals surface area contributed by atoms with E-state index in [9.17, 15) is 4.79 Å². The molecular weight excluding hydrogens is 226 g/mol. The quantitative estimate of drug-likeness (QED) is 0.725. The van der Waals surface area contributed by atoms with Gasteiger partial charge in [-0.25, -0.2) is 0 Å². The third-order valence-corrected chi connectivity index (χ3v) is 3.56. The van der Waals surface area contributed by atoms with Crippen molar-refractivity contribution in [2.24, 2.45) is 5.73 Å². The lowest BCUT2D eigenvalue weighted by Crippen LogP contribution is -2.44. The number of nitrogens with two attached hydrogens (primary N) is 1. The highest BCUT2D eigenvalue weighted by atomic mass is 16.1. The number of carbonyl (C=O) groups excluding carboxylic acids is 1. The minimum atomic E-state index is 0.199. The Morgan fingerprint density at radius 2 is 2.11 bits per heavy atom. The third kappa shape index (κ3) is 6.36. The first kappa shape index (κ1) is 15.4. The van der Waals surface area contributed by atoms with Gasteiger partial charge in [0.15, 0.2) is 0 Å². The Hall–Kier alpha value is -0.610. The largest absolute Gasteiger partial charge is 0.353 e. The van der Waals surface area contributed by atoms with Crippen molar-refractivity contribution in [3.63, 3.8) is 0 Å². The number of nitrogens with zero attached hydrogens (tertiary/aromatic N) is 1. The Morgan fingerprint density at radius 1 is 1.44 bits per heavy atom. The molecule has 4 heteroatoms. The smallest absolute Gasteiger partial charge is 0.220 e. The summed E-state index contributed by atoms with van der Waals surface area (Å²) in [5.74, 6) is 0.199. The molecule has 106 valence electrons. The Labute approximate surface area is 111 Å². The number of hydrogen-bond donors (Lipinski definition) is 2. The van der Waals surface area contributed by atoms with Crippen molar-refractivity contribution < 1.29 is 4.79 Å². The Morgan fingerprint density at radius 3 is 2.67 bits per heavy atom. The Kier molecular flexibility index (Phi) is 7.28. The normalized spacial score (nSPS) is 19.7. The monoisotopic (exact) mass is 255 g/mol. The topological polar surface area (TPSA) is 58.4 Å². The van der Waals surface area contributed by atoms with Crippen LogP contribution in [-0.4, -0.2) is 42.5 Å². The summed E-state index contributed by atoms with van der Waals surface area (Å²) in [6, 6.07) is 0.594. The van der Waals surface area contributed by atoms with Gasteiger partial charge in [-0.1, -0.05) is 6.92 Å². The van der Waals surface area contributed by atoms with Gasteiger partial charge in [-0.15, -0.1) is 0 Å². The Bertz CT molecular complexity index is 235. The van der Waals surface area contributed by atoms with Gasteiger partial charge in [-0.2, -0.15) is 0 Å². The van der Waals surface area contributed by atoms with Crippen molar-refractivity contribution >= 4 is 5.91 Å². The van der Waals surface area contributed by atoms with Gasteiger partial charge in [0, 0.05) is 31.6 Å². The fourth-order valence-electron chi connectivity index (χ4n) is 2.50. The van der Waals surface area contributed by atoms with Crippen LogP contribution in [-0.2, 0) is 4.79 Å². The standard InChI is InChI=1S/C14H29N3O/c1-3-9-17-10-7-13(8-11-17)16-14(18)6-4-5-12(2)15/h12-13H,3-11,15H2,1-2H3,(H,16,18). The highest BCUT2D eigenvalue weighted by Gasteiger charge is 2.19. The summed E-state index contributed by atoms with van der Waals surface area (Å²) >= 11 is 0. The lowest BCUT2D eigenvalue weighted by atomic mass is 10.0. The third-order valence-electron chi connectivity index (χ3n) is 3.56. The van der Waals surface area contributed by atoms with Crippen LogP contribution in [0.4, 0.5) is 0 Å². The minimum Gasteiger partial charge on any atom is -0.353 e. The number of amides is 1. The second kappa shape index (κ2) is 8.48. The maximum atomic E-state index is 11.7. The molecule has 0 aromatic heterocycles. The maximum absolute atomic E-state index is 11.7. The molecule has 1 aliphatic rings. The van der Waals surface area contributed by atoms with Crippen LogP contribution < -0.4 is 11.1 Å². The number of hydrogen-bond acceptors (Lipinski definition) is 3. The van der Waals surface area contributed by atoms with E-state index in [-0.39, 0.29) is 11.9 Å². The number of carbonyl (C=O) groups is 1. The van der Waals surface area contributed by atoms with Gasteiger partial charge in [0.2, 0.25) is 5.91 Å². The van der Waals surface area contributed by atoms with E-state index in [2.05, 4.69) is 17.1 Å². The molecule has 1 saturated heterocycles. The zero-order valence-electron chi connectivity index (χ0n) is 12.0. The average molecular weight is 255 g/mol. The zero-order chi connectivity index (χ0) is 13.4. The molecule has 0 bridgehead atoms. The van der Waals surface area contributed by atoms with Crippen LogP contribution in [0.3, 0.4) is 0 Å². The molecule has 3 N–H and O–H groups in total. The molecule has 1 amide bonds. The lowest BCUT2D eigenvalue weighted by Gasteiger charge is -2.32. The summed E-state index contributed by atoms with van der Waals surface area (Å²) < 4.78 is 0. The molecular formula is C14H29N3O. The second-order valence-electron chi connectivity index (χ2n) is 5.55. The van der Waals surface area contributed by atoms with Gasteiger partial charge in [0.05, 0.1) is 0 Å². The molecule has 1 heterocycles. The Balaban J connectivity index is 2.10. The SMILES string of the molecule is CCCN1CCC(NC(=O)CCCC(C)N)CC1. The van der Waals surface area contributed by atoms with Crippen LogP contribution in [0.5, 0.6) is 0 Å². The molecule has 0 aromatic rings. The zero-order valence-corrected chi connectivity index (χ0v) is 12.0. The molecule has 1 unspecified atom stereocenters. The second-order valence-corrected chi connectivity index (χ2v) is 5.55. The van der Waals surface area contributed by atoms with E-state index in [1.54, 1.807) is 0 Å². The van der Waals surface area contributed by atoms with Crippen molar-refractivity contribution in [2.75, 3.05) is 19.6 Å². The summed E-state index contributed by atoms with van der Waals surface area (Å²) in [4.78, 5) is 14.2. The first-order chi connectivity index (χ1) is 8.61. The fourth-order valence-corrected chi connectivity index (χ4v) is 2.50. The first-order valence-electron chi connectivity index (χ1n) is 7.39. The van der Waals surface area contributed by atoms with Crippen LogP contribution in [0.2, 0.25) is 0 Å². The number of likely N-dealkylation sites (tertiary alicyclic amines) is 1. The van der Waals surface area contributed by atoms with Crippen molar-refractivity contribution in [3.8, 4) is 0 Å². The highest BCUT2D eigenvalue weighted by molar-refractivity contribution is 5.76. The van der Waals surface area contributed by atoms with E-state index >= 15 is 0 Å². The van der Waals surface area contributed by atoms with Crippen LogP contribution in [0.25, 0.3) is 0 Å². The molecule has 0 aliphatic carbocycles. The molecule has 0 spiro atoms. The lowest BCUT2D eigenvalue weighted by molar-refractivity contribution is -0.122. The molecule has 18 heavy (non-hydrogen) atoms. The van der Waals surface area contributed by atoms with E-state index < -0.39 is 0 Å². The molecule has 0 saturated carbocycles. The van der Waals surface area contributed by atoms with Crippen LogP contribution in [0.15, 0.2) is 0 Å². The number of rotatable bonds is 7. The molecule has 4 nitrogen and oxygen atoms in total.